The van der Waals surface area contributed by atoms with Crippen LogP contribution in [0.3, 0.4) is 0 Å². The maximum atomic E-state index is 9.73. The van der Waals surface area contributed by atoms with Gasteiger partial charge in [0, 0.05) is 38.4 Å². The number of nitrogens with one attached hydrogen (secondary N) is 1. The van der Waals surface area contributed by atoms with E-state index in [0.717, 1.165) is 45.6 Å². The maximum Gasteiger partial charge on any atom is 0.0615 e. The van der Waals surface area contributed by atoms with E-state index in [1.165, 1.54) is 0 Å². The molecule has 1 fully saturated rings. The summed E-state index contributed by atoms with van der Waals surface area (Å²) >= 11 is 0. The third kappa shape index (κ3) is 4.67. The molecule has 1 aliphatic carbocycles. The first kappa shape index (κ1) is 17.9. The van der Waals surface area contributed by atoms with Gasteiger partial charge in [0.15, 0.2) is 0 Å². The molecule has 0 aromatic heterocycles. The number of nitrogens with zero attached hydrogens (tertiary/aromatic N) is 1. The summed E-state index contributed by atoms with van der Waals surface area (Å²) in [5.74, 6) is 0. The molecule has 1 saturated carbocycles. The zero-order valence-corrected chi connectivity index (χ0v) is 13.5. The predicted octanol–water partition coefficient (Wildman–Crippen LogP) is 0.863. The van der Waals surface area contributed by atoms with Gasteiger partial charge < -0.3 is 19.9 Å². The Hall–Kier alpha value is -0.200. The van der Waals surface area contributed by atoms with Crippen LogP contribution in [0.25, 0.3) is 0 Å². The summed E-state index contributed by atoms with van der Waals surface area (Å²) in [6, 6.07) is 0.859. The van der Waals surface area contributed by atoms with E-state index in [0.29, 0.717) is 12.1 Å². The third-order valence-electron chi connectivity index (χ3n) is 4.43. The molecule has 0 aliphatic heterocycles. The molecule has 0 bridgehead atoms. The van der Waals surface area contributed by atoms with Crippen LogP contribution in [-0.2, 0) is 9.47 Å². The molecular formula is C15H32N2O3. The Morgan fingerprint density at radius 3 is 2.70 bits per heavy atom. The minimum absolute atomic E-state index is 0.0997. The van der Waals surface area contributed by atoms with Crippen LogP contribution in [0, 0.1) is 0 Å². The Kier molecular flexibility index (Phi) is 7.99. The molecule has 120 valence electrons. The second-order valence-corrected chi connectivity index (χ2v) is 5.90. The van der Waals surface area contributed by atoms with E-state index in [1.54, 1.807) is 14.2 Å². The van der Waals surface area contributed by atoms with Crippen LogP contribution in [0.5, 0.6) is 0 Å². The van der Waals surface area contributed by atoms with Gasteiger partial charge in [0.25, 0.3) is 0 Å². The van der Waals surface area contributed by atoms with E-state index < -0.39 is 0 Å². The van der Waals surface area contributed by atoms with Crippen molar-refractivity contribution in [3.63, 3.8) is 0 Å². The van der Waals surface area contributed by atoms with Crippen molar-refractivity contribution in [2.24, 2.45) is 0 Å². The summed E-state index contributed by atoms with van der Waals surface area (Å²) in [4.78, 5) is 2.47. The fourth-order valence-corrected chi connectivity index (χ4v) is 3.41. The van der Waals surface area contributed by atoms with Crippen molar-refractivity contribution >= 4 is 0 Å². The van der Waals surface area contributed by atoms with Crippen molar-refractivity contribution in [2.75, 3.05) is 47.1 Å². The largest absolute Gasteiger partial charge is 0.394 e. The third-order valence-corrected chi connectivity index (χ3v) is 4.43. The molecule has 0 aromatic rings. The molecule has 0 aromatic carbocycles. The molecule has 5 nitrogen and oxygen atoms in total. The van der Waals surface area contributed by atoms with Crippen molar-refractivity contribution < 1.29 is 14.6 Å². The van der Waals surface area contributed by atoms with Gasteiger partial charge in [0.2, 0.25) is 0 Å². The van der Waals surface area contributed by atoms with Gasteiger partial charge in [-0.1, -0.05) is 6.92 Å². The lowest BCUT2D eigenvalue weighted by molar-refractivity contribution is 0.0439. The van der Waals surface area contributed by atoms with Crippen molar-refractivity contribution in [3.8, 4) is 0 Å². The molecule has 0 spiro atoms. The number of aliphatic hydroxyl groups is 1. The number of likely N-dealkylation sites (N-methyl/N-ethyl adjacent to an activating group) is 1. The minimum Gasteiger partial charge on any atom is -0.394 e. The molecule has 2 N–H and O–H groups in total. The Labute approximate surface area is 123 Å². The van der Waals surface area contributed by atoms with Gasteiger partial charge in [-0.05, 0) is 32.7 Å². The summed E-state index contributed by atoms with van der Waals surface area (Å²) in [6.07, 6.45) is 3.14. The zero-order chi connectivity index (χ0) is 15.0. The molecule has 0 saturated heterocycles. The first-order chi connectivity index (χ1) is 9.62. The summed E-state index contributed by atoms with van der Waals surface area (Å²) in [5, 5.41) is 13.2. The highest BCUT2D eigenvalue weighted by Crippen LogP contribution is 2.33. The van der Waals surface area contributed by atoms with Gasteiger partial charge >= 0.3 is 0 Å². The fraction of sp³-hybridized carbons (Fsp3) is 1.00. The number of ether oxygens (including phenoxy) is 2. The highest BCUT2D eigenvalue weighted by atomic mass is 16.5. The molecule has 20 heavy (non-hydrogen) atoms. The molecule has 0 amide bonds. The van der Waals surface area contributed by atoms with Gasteiger partial charge in [-0.15, -0.1) is 0 Å². The lowest BCUT2D eigenvalue weighted by Gasteiger charge is -2.36. The molecule has 5 heteroatoms. The molecule has 0 heterocycles. The van der Waals surface area contributed by atoms with Crippen molar-refractivity contribution in [2.45, 2.75) is 50.7 Å². The Balaban J connectivity index is 2.67. The van der Waals surface area contributed by atoms with Crippen LogP contribution < -0.4 is 5.32 Å². The number of rotatable bonds is 10. The van der Waals surface area contributed by atoms with Gasteiger partial charge in [0.05, 0.1) is 19.8 Å². The Bertz CT molecular complexity index is 266. The van der Waals surface area contributed by atoms with E-state index in [4.69, 9.17) is 9.47 Å². The second kappa shape index (κ2) is 8.95. The van der Waals surface area contributed by atoms with E-state index >= 15 is 0 Å². The lowest BCUT2D eigenvalue weighted by atomic mass is 9.98. The first-order valence-corrected chi connectivity index (χ1v) is 7.72. The number of hydrogen-bond donors (Lipinski definition) is 2. The van der Waals surface area contributed by atoms with E-state index in [9.17, 15) is 5.11 Å². The monoisotopic (exact) mass is 288 g/mol. The van der Waals surface area contributed by atoms with Crippen molar-refractivity contribution in [1.29, 1.82) is 0 Å². The Morgan fingerprint density at radius 1 is 1.40 bits per heavy atom. The standard InChI is InChI=1S/C15H32N2O3/c1-5-16-15(12-18)7-6-14(10-15)17(8-9-19-3)13(2)11-20-4/h13-14,16,18H,5-12H2,1-4H3. The average molecular weight is 288 g/mol. The van der Waals surface area contributed by atoms with Crippen LogP contribution in [0.1, 0.15) is 33.1 Å². The molecule has 3 atom stereocenters. The maximum absolute atomic E-state index is 9.73. The second-order valence-electron chi connectivity index (χ2n) is 5.90. The van der Waals surface area contributed by atoms with E-state index in [1.807, 2.05) is 0 Å². The van der Waals surface area contributed by atoms with Gasteiger partial charge in [-0.3, -0.25) is 4.90 Å². The first-order valence-electron chi connectivity index (χ1n) is 7.72. The highest BCUT2D eigenvalue weighted by Gasteiger charge is 2.41. The zero-order valence-electron chi connectivity index (χ0n) is 13.5. The summed E-state index contributed by atoms with van der Waals surface area (Å²) < 4.78 is 10.5. The topological polar surface area (TPSA) is 54.0 Å². The van der Waals surface area contributed by atoms with E-state index in [2.05, 4.69) is 24.1 Å². The SMILES string of the molecule is CCNC1(CO)CCC(N(CCOC)C(C)COC)C1. The Morgan fingerprint density at radius 2 is 2.15 bits per heavy atom. The molecule has 3 unspecified atom stereocenters. The molecular weight excluding hydrogens is 256 g/mol. The quantitative estimate of drug-likeness (QED) is 0.624. The number of methoxy groups -OCH3 is 2. The van der Waals surface area contributed by atoms with Gasteiger partial charge in [0.1, 0.15) is 0 Å². The molecule has 0 radical (unpaired) electrons. The predicted molar refractivity (Wildman–Crippen MR) is 81.1 cm³/mol. The average Bonchev–Trinajstić information content (AvgIpc) is 2.85. The van der Waals surface area contributed by atoms with Gasteiger partial charge in [-0.25, -0.2) is 0 Å². The minimum atomic E-state index is -0.0997. The molecule has 1 aliphatic rings. The number of hydrogen-bond acceptors (Lipinski definition) is 5. The molecule has 1 rings (SSSR count). The van der Waals surface area contributed by atoms with Crippen molar-refractivity contribution in [3.05, 3.63) is 0 Å². The van der Waals surface area contributed by atoms with Crippen LogP contribution in [0.15, 0.2) is 0 Å². The summed E-state index contributed by atoms with van der Waals surface area (Å²) in [7, 11) is 3.49. The highest BCUT2D eigenvalue weighted by molar-refractivity contribution is 5.00. The van der Waals surface area contributed by atoms with Crippen LogP contribution >= 0.6 is 0 Å². The number of aliphatic hydroxyl groups excluding tert-OH is 1. The van der Waals surface area contributed by atoms with Crippen LogP contribution in [0.4, 0.5) is 0 Å². The summed E-state index contributed by atoms with van der Waals surface area (Å²) in [6.45, 7) is 7.80. The van der Waals surface area contributed by atoms with Gasteiger partial charge in [-0.2, -0.15) is 0 Å². The van der Waals surface area contributed by atoms with E-state index in [-0.39, 0.29) is 12.1 Å². The fourth-order valence-electron chi connectivity index (χ4n) is 3.41. The summed E-state index contributed by atoms with van der Waals surface area (Å²) in [5.41, 5.74) is -0.0997. The van der Waals surface area contributed by atoms with Crippen molar-refractivity contribution in [1.82, 2.24) is 10.2 Å². The lowest BCUT2D eigenvalue weighted by Crippen LogP contribution is -2.50. The van der Waals surface area contributed by atoms with Crippen LogP contribution in [0.2, 0.25) is 0 Å². The normalized spacial score (nSPS) is 28.2. The smallest absolute Gasteiger partial charge is 0.0615 e. The van der Waals surface area contributed by atoms with Crippen LogP contribution in [-0.4, -0.2) is 74.8 Å².